The normalized spacial score (nSPS) is 25.3. The summed E-state index contributed by atoms with van der Waals surface area (Å²) in [6.07, 6.45) is 8.65. The molecule has 1 aromatic heterocycles. The first kappa shape index (κ1) is 16.5. The number of rotatable bonds is 2. The van der Waals surface area contributed by atoms with Crippen LogP contribution in [0.2, 0.25) is 0 Å². The van der Waals surface area contributed by atoms with Crippen molar-refractivity contribution in [1.29, 1.82) is 0 Å². The molecule has 5 nitrogen and oxygen atoms in total. The van der Waals surface area contributed by atoms with Gasteiger partial charge in [0.15, 0.2) is 17.3 Å². The van der Waals surface area contributed by atoms with Gasteiger partial charge in [0.05, 0.1) is 0 Å². The number of thiol groups is 1. The third-order valence-electron chi connectivity index (χ3n) is 4.14. The van der Waals surface area contributed by atoms with E-state index in [1.54, 1.807) is 12.4 Å². The van der Waals surface area contributed by atoms with Crippen LogP contribution in [0.1, 0.15) is 31.4 Å². The summed E-state index contributed by atoms with van der Waals surface area (Å²) in [6.45, 7) is 2.14. The molecule has 0 spiro atoms. The van der Waals surface area contributed by atoms with E-state index >= 15 is 0 Å². The third-order valence-corrected chi connectivity index (χ3v) is 4.51. The Labute approximate surface area is 141 Å². The van der Waals surface area contributed by atoms with Gasteiger partial charge in [0.25, 0.3) is 0 Å². The summed E-state index contributed by atoms with van der Waals surface area (Å²) in [4.78, 5) is 2.27. The van der Waals surface area contributed by atoms with Crippen molar-refractivity contribution < 1.29 is 17.1 Å². The van der Waals surface area contributed by atoms with Gasteiger partial charge in [-0.1, -0.05) is 0 Å². The molecule has 0 N–H and O–H groups in total. The monoisotopic (exact) mass is 345 g/mol. The van der Waals surface area contributed by atoms with Gasteiger partial charge in [-0.15, -0.1) is 5.10 Å². The molecule has 1 aromatic rings. The molecule has 0 aromatic carbocycles. The van der Waals surface area contributed by atoms with Gasteiger partial charge in [0, 0.05) is 42.6 Å². The van der Waals surface area contributed by atoms with Crippen LogP contribution in [0.15, 0.2) is 23.4 Å². The van der Waals surface area contributed by atoms with Gasteiger partial charge in [-0.3, -0.25) is 0 Å². The molecular formula is C14H19FeN5S. The van der Waals surface area contributed by atoms with Crippen molar-refractivity contribution in [3.63, 3.8) is 0 Å². The van der Waals surface area contributed by atoms with Crippen LogP contribution < -0.4 is 0 Å². The molecule has 7 heteroatoms. The van der Waals surface area contributed by atoms with E-state index in [2.05, 4.69) is 37.8 Å². The van der Waals surface area contributed by atoms with Crippen molar-refractivity contribution in [2.24, 2.45) is 16.9 Å². The minimum absolute atomic E-state index is 0. The van der Waals surface area contributed by atoms with Crippen LogP contribution in [0.5, 0.6) is 0 Å². The second kappa shape index (κ2) is 7.94. The maximum absolute atomic E-state index is 4.50. The minimum Gasteiger partial charge on any atom is -0.515 e. The van der Waals surface area contributed by atoms with Gasteiger partial charge < -0.3 is 10.5 Å². The van der Waals surface area contributed by atoms with E-state index in [1.807, 2.05) is 12.1 Å². The van der Waals surface area contributed by atoms with E-state index in [-0.39, 0.29) is 17.1 Å². The summed E-state index contributed by atoms with van der Waals surface area (Å²) in [7, 11) is 0. The molecule has 3 fully saturated rings. The van der Waals surface area contributed by atoms with Crippen LogP contribution in [-0.4, -0.2) is 39.5 Å². The molecule has 2 aliphatic heterocycles. The zero-order valence-electron chi connectivity index (χ0n) is 11.7. The van der Waals surface area contributed by atoms with E-state index in [9.17, 15) is 0 Å². The first-order valence-electron chi connectivity index (χ1n) is 7.14. The number of hydrogen-bond acceptors (Lipinski definition) is 3. The molecule has 114 valence electrons. The Bertz CT molecular complexity index is 473. The van der Waals surface area contributed by atoms with Crippen molar-refractivity contribution in [3.8, 4) is 0 Å². The molecule has 3 aliphatic rings. The average Bonchev–Trinajstić information content (AvgIpc) is 2.82. The molecule has 21 heavy (non-hydrogen) atoms. The van der Waals surface area contributed by atoms with Crippen LogP contribution >= 0.6 is 0 Å². The molecule has 1 saturated carbocycles. The molecule has 0 unspecified atom stereocenters. The van der Waals surface area contributed by atoms with Crippen molar-refractivity contribution in [2.45, 2.75) is 25.7 Å². The molecule has 2 bridgehead atoms. The predicted molar refractivity (Wildman–Crippen MR) is 83.8 cm³/mol. The molecule has 0 amide bonds. The molecule has 2 saturated heterocycles. The Morgan fingerprint density at radius 3 is 2.52 bits per heavy atom. The summed E-state index contributed by atoms with van der Waals surface area (Å²) in [5, 5.41) is 12.5. The summed E-state index contributed by atoms with van der Waals surface area (Å²) in [5.41, 5.74) is 4.89. The van der Waals surface area contributed by atoms with Gasteiger partial charge in [-0.25, -0.2) is 4.90 Å². The van der Waals surface area contributed by atoms with E-state index in [1.165, 1.54) is 25.7 Å². The third kappa shape index (κ3) is 4.54. The van der Waals surface area contributed by atoms with E-state index in [4.69, 9.17) is 0 Å². The van der Waals surface area contributed by atoms with Crippen molar-refractivity contribution >= 4 is 23.5 Å². The van der Waals surface area contributed by atoms with Crippen LogP contribution in [-0.2, 0) is 29.3 Å². The predicted octanol–water partition coefficient (Wildman–Crippen LogP) is 1.67. The number of hydrogen-bond donors (Lipinski definition) is 0. The molecule has 0 atom stereocenters. The summed E-state index contributed by atoms with van der Waals surface area (Å²) in [5.74, 6) is 1.60. The van der Waals surface area contributed by atoms with Gasteiger partial charge in [-0.05, 0) is 49.7 Å². The molecule has 3 heterocycles. The van der Waals surface area contributed by atoms with E-state index in [0.29, 0.717) is 10.8 Å². The Morgan fingerprint density at radius 1 is 1.29 bits per heavy atom. The van der Waals surface area contributed by atoms with E-state index in [0.717, 1.165) is 24.9 Å². The van der Waals surface area contributed by atoms with Crippen LogP contribution in [0.25, 0.3) is 5.43 Å². The van der Waals surface area contributed by atoms with Gasteiger partial charge in [0.1, 0.15) is 5.69 Å². The Kier molecular flexibility index (Phi) is 6.23. The first-order chi connectivity index (χ1) is 9.81. The molecular weight excluding hydrogens is 326 g/mol. The summed E-state index contributed by atoms with van der Waals surface area (Å²) >= 11 is 4.50. The van der Waals surface area contributed by atoms with Gasteiger partial charge >= 0.3 is 0 Å². The maximum atomic E-state index is 4.50. The largest absolute Gasteiger partial charge is 0.515 e. The molecule has 0 radical (unpaired) electrons. The fourth-order valence-corrected chi connectivity index (χ4v) is 3.26. The van der Waals surface area contributed by atoms with Crippen molar-refractivity contribution in [3.05, 3.63) is 29.4 Å². The van der Waals surface area contributed by atoms with Crippen molar-refractivity contribution in [1.82, 2.24) is 15.1 Å². The molecule has 1 aliphatic carbocycles. The Balaban J connectivity index is 0.00000161. The van der Waals surface area contributed by atoms with Crippen LogP contribution in [0, 0.1) is 11.8 Å². The van der Waals surface area contributed by atoms with Gasteiger partial charge in [0.2, 0.25) is 0 Å². The fourth-order valence-electron chi connectivity index (χ4n) is 3.04. The summed E-state index contributed by atoms with van der Waals surface area (Å²) in [6, 6.07) is 3.67. The number of aromatic nitrogens is 2. The van der Waals surface area contributed by atoms with Gasteiger partial charge in [-0.2, -0.15) is 5.10 Å². The van der Waals surface area contributed by atoms with Crippen LogP contribution in [0.3, 0.4) is 0 Å². The standard InChI is InChI=1S/C14H19N5S.Fe/c20-14(18-16-8-13-2-1-7-15-17-13)19-9-11-3-4-12(10-19)6-5-11;/h1-2,7-8,11-12H,3-6,9-10H2,(H,17,18,20);. The quantitative estimate of drug-likeness (QED) is 0.205. The molecule has 4 rings (SSSR count). The summed E-state index contributed by atoms with van der Waals surface area (Å²) < 4.78 is 0. The fraction of sp³-hybridized carbons (Fsp3) is 0.571. The topological polar surface area (TPSA) is 55.5 Å². The van der Waals surface area contributed by atoms with Crippen molar-refractivity contribution in [2.75, 3.05) is 13.1 Å². The second-order valence-corrected chi connectivity index (χ2v) is 5.98. The van der Waals surface area contributed by atoms with Crippen LogP contribution in [0.4, 0.5) is 0 Å². The smallest absolute Gasteiger partial charge is 0.189 e. The maximum Gasteiger partial charge on any atom is 0.189 e. The Morgan fingerprint density at radius 2 is 1.95 bits per heavy atom. The zero-order valence-corrected chi connectivity index (χ0v) is 13.7. The SMILES string of the molecule is [Fe].[SH+]=C([N-]N=Cc1cccnn1)N1CC2CCC(CC2)C1. The average molecular weight is 345 g/mol. The second-order valence-electron chi connectivity index (χ2n) is 5.58. The minimum atomic E-state index is 0. The first-order valence-corrected chi connectivity index (χ1v) is 7.58. The number of fused-ring (bicyclic) bond motifs is 4. The Hall–Kier alpha value is -0.881. The zero-order chi connectivity index (χ0) is 13.8. The number of nitrogens with zero attached hydrogens (tertiary/aromatic N) is 5. The van der Waals surface area contributed by atoms with E-state index < -0.39 is 0 Å².